The van der Waals surface area contributed by atoms with Crippen molar-refractivity contribution in [2.45, 2.75) is 0 Å². The summed E-state index contributed by atoms with van der Waals surface area (Å²) in [5, 5.41) is 1.14. The molecule has 0 aliphatic carbocycles. The van der Waals surface area contributed by atoms with E-state index in [0.29, 0.717) is 5.56 Å². The molecule has 3 rings (SSSR count). The van der Waals surface area contributed by atoms with Gasteiger partial charge in [-0.15, -0.1) is 0 Å². The number of aromatic nitrogens is 1. The van der Waals surface area contributed by atoms with Gasteiger partial charge in [-0.25, -0.2) is 0 Å². The molecule has 2 aromatic carbocycles. The molecule has 0 N–H and O–H groups in total. The van der Waals surface area contributed by atoms with Crippen molar-refractivity contribution in [3.8, 4) is 5.75 Å². The molecular weight excluding hydrogens is 274 g/mol. The van der Waals surface area contributed by atoms with Crippen LogP contribution >= 0.6 is 0 Å². The lowest BCUT2D eigenvalue weighted by molar-refractivity contribution is 0.104. The van der Waals surface area contributed by atoms with Crippen molar-refractivity contribution in [2.24, 2.45) is 7.05 Å². The lowest BCUT2D eigenvalue weighted by Gasteiger charge is -2.00. The number of nitrogens with zero attached hydrogens (tertiary/aromatic N) is 1. The molecule has 110 valence electrons. The van der Waals surface area contributed by atoms with Gasteiger partial charge >= 0.3 is 0 Å². The van der Waals surface area contributed by atoms with Gasteiger partial charge in [0, 0.05) is 35.3 Å². The Morgan fingerprint density at radius 3 is 2.55 bits per heavy atom. The number of hydrogen-bond acceptors (Lipinski definition) is 2. The van der Waals surface area contributed by atoms with E-state index in [2.05, 4.69) is 16.7 Å². The Bertz CT molecular complexity index is 842. The molecule has 0 saturated heterocycles. The third kappa shape index (κ3) is 2.66. The van der Waals surface area contributed by atoms with Crippen LogP contribution in [0.4, 0.5) is 0 Å². The first-order valence-corrected chi connectivity index (χ1v) is 7.09. The predicted molar refractivity (Wildman–Crippen MR) is 89.3 cm³/mol. The van der Waals surface area contributed by atoms with Gasteiger partial charge in [-0.2, -0.15) is 0 Å². The molecule has 22 heavy (non-hydrogen) atoms. The van der Waals surface area contributed by atoms with Crippen LogP contribution in [0.15, 0.2) is 60.8 Å². The van der Waals surface area contributed by atoms with Gasteiger partial charge in [0.05, 0.1) is 7.11 Å². The number of rotatable bonds is 4. The fourth-order valence-electron chi connectivity index (χ4n) is 2.52. The molecule has 0 spiro atoms. The number of hydrogen-bond donors (Lipinski definition) is 0. The number of carbonyl (C=O) groups is 1. The molecule has 3 aromatic rings. The number of carbonyl (C=O) groups excluding carboxylic acids is 1. The SMILES string of the molecule is COc1ccc(C(=O)C=Cc2cn(C)c3ccccc23)cc1. The van der Waals surface area contributed by atoms with Gasteiger partial charge in [-0.3, -0.25) is 4.79 Å². The summed E-state index contributed by atoms with van der Waals surface area (Å²) in [4.78, 5) is 12.2. The van der Waals surface area contributed by atoms with E-state index in [1.54, 1.807) is 37.5 Å². The van der Waals surface area contributed by atoms with Crippen LogP contribution in [0.5, 0.6) is 5.75 Å². The summed E-state index contributed by atoms with van der Waals surface area (Å²) in [6.07, 6.45) is 5.51. The van der Waals surface area contributed by atoms with E-state index in [1.165, 1.54) is 0 Å². The van der Waals surface area contributed by atoms with E-state index >= 15 is 0 Å². The van der Waals surface area contributed by atoms with Gasteiger partial charge in [0.2, 0.25) is 0 Å². The number of ketones is 1. The minimum absolute atomic E-state index is 0.0180. The highest BCUT2D eigenvalue weighted by atomic mass is 16.5. The molecule has 0 unspecified atom stereocenters. The Labute approximate surface area is 129 Å². The quantitative estimate of drug-likeness (QED) is 0.535. The van der Waals surface area contributed by atoms with Crippen molar-refractivity contribution in [3.05, 3.63) is 71.9 Å². The van der Waals surface area contributed by atoms with Gasteiger partial charge in [-0.05, 0) is 42.5 Å². The van der Waals surface area contributed by atoms with E-state index in [1.807, 2.05) is 31.5 Å². The van der Waals surface area contributed by atoms with Crippen LogP contribution in [0, 0.1) is 0 Å². The number of para-hydroxylation sites is 1. The maximum atomic E-state index is 12.2. The van der Waals surface area contributed by atoms with Crippen molar-refractivity contribution in [3.63, 3.8) is 0 Å². The average molecular weight is 291 g/mol. The maximum absolute atomic E-state index is 12.2. The van der Waals surface area contributed by atoms with Crippen LogP contribution in [0.2, 0.25) is 0 Å². The second-order valence-electron chi connectivity index (χ2n) is 5.14. The molecule has 0 aliphatic rings. The van der Waals surface area contributed by atoms with E-state index in [0.717, 1.165) is 22.2 Å². The molecule has 1 aromatic heterocycles. The summed E-state index contributed by atoms with van der Waals surface area (Å²) in [5.41, 5.74) is 2.84. The fourth-order valence-corrected chi connectivity index (χ4v) is 2.52. The van der Waals surface area contributed by atoms with E-state index in [4.69, 9.17) is 4.74 Å². The number of benzene rings is 2. The topological polar surface area (TPSA) is 31.2 Å². The van der Waals surface area contributed by atoms with Crippen LogP contribution in [-0.4, -0.2) is 17.5 Å². The summed E-state index contributed by atoms with van der Waals surface area (Å²) in [6, 6.07) is 15.3. The Hall–Kier alpha value is -2.81. The number of allylic oxidation sites excluding steroid dienone is 1. The summed E-state index contributed by atoms with van der Waals surface area (Å²) in [7, 11) is 3.61. The number of methoxy groups -OCH3 is 1. The van der Waals surface area contributed by atoms with Gasteiger partial charge in [0.15, 0.2) is 5.78 Å². The number of ether oxygens (including phenoxy) is 1. The monoisotopic (exact) mass is 291 g/mol. The Kier molecular flexibility index (Phi) is 3.79. The Morgan fingerprint density at radius 2 is 1.82 bits per heavy atom. The third-order valence-electron chi connectivity index (χ3n) is 3.72. The first kappa shape index (κ1) is 14.1. The van der Waals surface area contributed by atoms with Crippen molar-refractivity contribution in [2.75, 3.05) is 7.11 Å². The molecule has 0 bridgehead atoms. The van der Waals surface area contributed by atoms with Gasteiger partial charge < -0.3 is 9.30 Å². The van der Waals surface area contributed by atoms with Crippen LogP contribution in [0.1, 0.15) is 15.9 Å². The zero-order valence-electron chi connectivity index (χ0n) is 12.6. The normalized spacial score (nSPS) is 11.2. The average Bonchev–Trinajstić information content (AvgIpc) is 2.89. The van der Waals surface area contributed by atoms with Gasteiger partial charge in [0.25, 0.3) is 0 Å². The van der Waals surface area contributed by atoms with E-state index in [9.17, 15) is 4.79 Å². The third-order valence-corrected chi connectivity index (χ3v) is 3.72. The summed E-state index contributed by atoms with van der Waals surface area (Å²) >= 11 is 0. The molecule has 3 heteroatoms. The van der Waals surface area contributed by atoms with E-state index in [-0.39, 0.29) is 5.78 Å². The van der Waals surface area contributed by atoms with Crippen LogP contribution in [0.25, 0.3) is 17.0 Å². The van der Waals surface area contributed by atoms with Crippen LogP contribution in [-0.2, 0) is 7.05 Å². The second kappa shape index (κ2) is 5.90. The summed E-state index contributed by atoms with van der Waals surface area (Å²) in [5.74, 6) is 0.727. The van der Waals surface area contributed by atoms with Gasteiger partial charge in [0.1, 0.15) is 5.75 Å². The lowest BCUT2D eigenvalue weighted by Crippen LogP contribution is -1.94. The minimum atomic E-state index is -0.0180. The van der Waals surface area contributed by atoms with Crippen molar-refractivity contribution < 1.29 is 9.53 Å². The molecule has 0 aliphatic heterocycles. The van der Waals surface area contributed by atoms with Crippen molar-refractivity contribution >= 4 is 22.8 Å². The van der Waals surface area contributed by atoms with Crippen molar-refractivity contribution in [1.29, 1.82) is 0 Å². The van der Waals surface area contributed by atoms with E-state index < -0.39 is 0 Å². The molecule has 0 amide bonds. The summed E-state index contributed by atoms with van der Waals surface area (Å²) in [6.45, 7) is 0. The highest BCUT2D eigenvalue weighted by Crippen LogP contribution is 2.21. The van der Waals surface area contributed by atoms with Crippen LogP contribution in [0.3, 0.4) is 0 Å². The zero-order valence-corrected chi connectivity index (χ0v) is 12.6. The summed E-state index contributed by atoms with van der Waals surface area (Å²) < 4.78 is 7.16. The molecule has 0 atom stereocenters. The largest absolute Gasteiger partial charge is 0.497 e. The zero-order chi connectivity index (χ0) is 15.5. The molecule has 3 nitrogen and oxygen atoms in total. The molecule has 1 heterocycles. The fraction of sp³-hybridized carbons (Fsp3) is 0.105. The number of aryl methyl sites for hydroxylation is 1. The number of fused-ring (bicyclic) bond motifs is 1. The maximum Gasteiger partial charge on any atom is 0.185 e. The van der Waals surface area contributed by atoms with Crippen molar-refractivity contribution in [1.82, 2.24) is 4.57 Å². The smallest absolute Gasteiger partial charge is 0.185 e. The van der Waals surface area contributed by atoms with Crippen LogP contribution < -0.4 is 4.74 Å². The standard InChI is InChI=1S/C19H17NO2/c1-20-13-15(17-5-3-4-6-18(17)20)9-12-19(21)14-7-10-16(22-2)11-8-14/h3-13H,1-2H3. The predicted octanol–water partition coefficient (Wildman–Crippen LogP) is 4.08. The highest BCUT2D eigenvalue weighted by Gasteiger charge is 2.05. The molecule has 0 fully saturated rings. The lowest BCUT2D eigenvalue weighted by atomic mass is 10.1. The highest BCUT2D eigenvalue weighted by molar-refractivity contribution is 6.07. The first-order valence-electron chi connectivity index (χ1n) is 7.09. The molecule has 0 saturated carbocycles. The first-order chi connectivity index (χ1) is 10.7. The van der Waals surface area contributed by atoms with Gasteiger partial charge in [-0.1, -0.05) is 18.2 Å². The second-order valence-corrected chi connectivity index (χ2v) is 5.14. The molecular formula is C19H17NO2. The Morgan fingerprint density at radius 1 is 1.09 bits per heavy atom. The Balaban J connectivity index is 1.87. The molecule has 0 radical (unpaired) electrons. The minimum Gasteiger partial charge on any atom is -0.497 e.